The highest BCUT2D eigenvalue weighted by atomic mass is 16.2. The highest BCUT2D eigenvalue weighted by Gasteiger charge is 2.36. The summed E-state index contributed by atoms with van der Waals surface area (Å²) in [6, 6.07) is 0.315. The van der Waals surface area contributed by atoms with Gasteiger partial charge < -0.3 is 4.90 Å². The third-order valence-corrected chi connectivity index (χ3v) is 3.48. The Morgan fingerprint density at radius 2 is 1.59 bits per heavy atom. The van der Waals surface area contributed by atoms with Crippen LogP contribution in [-0.4, -0.2) is 46.9 Å². The molecule has 1 saturated heterocycles. The lowest BCUT2D eigenvalue weighted by molar-refractivity contribution is -0.145. The number of hydrogen-bond acceptors (Lipinski definition) is 2. The van der Waals surface area contributed by atoms with Crippen LogP contribution in [0.15, 0.2) is 0 Å². The van der Waals surface area contributed by atoms with Crippen LogP contribution in [0.1, 0.15) is 48.5 Å². The van der Waals surface area contributed by atoms with Crippen LogP contribution in [0, 0.1) is 5.41 Å². The molecule has 1 atom stereocenters. The molecule has 0 spiro atoms. The lowest BCUT2D eigenvalue weighted by Crippen LogP contribution is -2.60. The predicted molar refractivity (Wildman–Crippen MR) is 72.0 cm³/mol. The molecule has 1 heterocycles. The first kappa shape index (κ1) is 14.5. The predicted octanol–water partition coefficient (Wildman–Crippen LogP) is 2.36. The van der Waals surface area contributed by atoms with Crippen LogP contribution in [0.25, 0.3) is 0 Å². The summed E-state index contributed by atoms with van der Waals surface area (Å²) < 4.78 is 0. The van der Waals surface area contributed by atoms with Gasteiger partial charge in [0.2, 0.25) is 5.91 Å². The number of amides is 1. The van der Waals surface area contributed by atoms with Gasteiger partial charge in [0.05, 0.1) is 0 Å². The molecular weight excluding hydrogens is 212 g/mol. The van der Waals surface area contributed by atoms with E-state index in [1.807, 2.05) is 25.7 Å². The maximum Gasteiger partial charge on any atom is 0.228 e. The maximum atomic E-state index is 12.3. The molecule has 1 aliphatic heterocycles. The Labute approximate surface area is 106 Å². The van der Waals surface area contributed by atoms with Crippen molar-refractivity contribution in [2.24, 2.45) is 5.41 Å². The Kier molecular flexibility index (Phi) is 3.92. The van der Waals surface area contributed by atoms with Crippen LogP contribution in [0.3, 0.4) is 0 Å². The average molecular weight is 240 g/mol. The van der Waals surface area contributed by atoms with Gasteiger partial charge in [-0.25, -0.2) is 0 Å². The standard InChI is InChI=1S/C14H28N2O/c1-11-10-15(14(5,6)7)8-9-16(11)12(17)13(2,3)4/h11H,8-10H2,1-7H3. The van der Waals surface area contributed by atoms with Crippen molar-refractivity contribution in [3.63, 3.8) is 0 Å². The van der Waals surface area contributed by atoms with Crippen LogP contribution in [0.2, 0.25) is 0 Å². The van der Waals surface area contributed by atoms with Gasteiger partial charge in [0.1, 0.15) is 0 Å². The summed E-state index contributed by atoms with van der Waals surface area (Å²) in [4.78, 5) is 16.8. The molecular formula is C14H28N2O. The lowest BCUT2D eigenvalue weighted by Gasteiger charge is -2.47. The van der Waals surface area contributed by atoms with Crippen molar-refractivity contribution in [3.8, 4) is 0 Å². The molecule has 0 aliphatic carbocycles. The first-order chi connectivity index (χ1) is 7.53. The van der Waals surface area contributed by atoms with Crippen molar-refractivity contribution in [3.05, 3.63) is 0 Å². The molecule has 0 aromatic rings. The zero-order valence-corrected chi connectivity index (χ0v) is 12.5. The van der Waals surface area contributed by atoms with Crippen molar-refractivity contribution >= 4 is 5.91 Å². The van der Waals surface area contributed by atoms with Gasteiger partial charge >= 0.3 is 0 Å². The van der Waals surface area contributed by atoms with Crippen molar-refractivity contribution in [1.82, 2.24) is 9.80 Å². The molecule has 0 aromatic heterocycles. The van der Waals surface area contributed by atoms with E-state index in [1.165, 1.54) is 0 Å². The fourth-order valence-electron chi connectivity index (χ4n) is 2.30. The van der Waals surface area contributed by atoms with Crippen LogP contribution in [0.5, 0.6) is 0 Å². The van der Waals surface area contributed by atoms with Gasteiger partial charge in [-0.2, -0.15) is 0 Å². The van der Waals surface area contributed by atoms with Crippen LogP contribution >= 0.6 is 0 Å². The second-order valence-corrected chi connectivity index (χ2v) is 7.21. The fraction of sp³-hybridized carbons (Fsp3) is 0.929. The highest BCUT2D eigenvalue weighted by molar-refractivity contribution is 5.81. The van der Waals surface area contributed by atoms with E-state index >= 15 is 0 Å². The maximum absolute atomic E-state index is 12.3. The van der Waals surface area contributed by atoms with Gasteiger partial charge in [-0.05, 0) is 27.7 Å². The van der Waals surface area contributed by atoms with Crippen molar-refractivity contribution < 1.29 is 4.79 Å². The van der Waals surface area contributed by atoms with Gasteiger partial charge in [-0.15, -0.1) is 0 Å². The van der Waals surface area contributed by atoms with E-state index in [2.05, 4.69) is 32.6 Å². The zero-order valence-electron chi connectivity index (χ0n) is 12.5. The molecule has 0 radical (unpaired) electrons. The number of carbonyl (C=O) groups is 1. The number of nitrogens with zero attached hydrogens (tertiary/aromatic N) is 2. The molecule has 0 aromatic carbocycles. The molecule has 1 rings (SSSR count). The van der Waals surface area contributed by atoms with Gasteiger partial charge in [0.25, 0.3) is 0 Å². The van der Waals surface area contributed by atoms with Crippen molar-refractivity contribution in [1.29, 1.82) is 0 Å². The molecule has 0 bridgehead atoms. The molecule has 1 aliphatic rings. The van der Waals surface area contributed by atoms with E-state index in [0.717, 1.165) is 19.6 Å². The Bertz CT molecular complexity index is 286. The Morgan fingerprint density at radius 1 is 1.06 bits per heavy atom. The van der Waals surface area contributed by atoms with E-state index in [0.29, 0.717) is 6.04 Å². The summed E-state index contributed by atoms with van der Waals surface area (Å²) in [7, 11) is 0. The molecule has 1 amide bonds. The molecule has 17 heavy (non-hydrogen) atoms. The normalized spacial score (nSPS) is 23.9. The van der Waals surface area contributed by atoms with Crippen LogP contribution in [-0.2, 0) is 4.79 Å². The minimum Gasteiger partial charge on any atom is -0.337 e. The van der Waals surface area contributed by atoms with Crippen LogP contribution < -0.4 is 0 Å². The Morgan fingerprint density at radius 3 is 1.94 bits per heavy atom. The summed E-state index contributed by atoms with van der Waals surface area (Å²) >= 11 is 0. The Balaban J connectivity index is 2.70. The zero-order chi connectivity index (χ0) is 13.4. The van der Waals surface area contributed by atoms with E-state index in [-0.39, 0.29) is 16.9 Å². The van der Waals surface area contributed by atoms with E-state index in [1.54, 1.807) is 0 Å². The van der Waals surface area contributed by atoms with Gasteiger partial charge in [0.15, 0.2) is 0 Å². The summed E-state index contributed by atoms with van der Waals surface area (Å²) in [6.07, 6.45) is 0. The summed E-state index contributed by atoms with van der Waals surface area (Å²) in [5.74, 6) is 0.276. The molecule has 3 nitrogen and oxygen atoms in total. The molecule has 3 heteroatoms. The summed E-state index contributed by atoms with van der Waals surface area (Å²) in [5, 5.41) is 0. The second kappa shape index (κ2) is 4.60. The molecule has 100 valence electrons. The minimum atomic E-state index is -0.266. The summed E-state index contributed by atoms with van der Waals surface area (Å²) in [6.45, 7) is 17.7. The van der Waals surface area contributed by atoms with Crippen molar-refractivity contribution in [2.75, 3.05) is 19.6 Å². The third kappa shape index (κ3) is 3.44. The minimum absolute atomic E-state index is 0.200. The topological polar surface area (TPSA) is 23.6 Å². The van der Waals surface area contributed by atoms with Gasteiger partial charge in [-0.1, -0.05) is 20.8 Å². The van der Waals surface area contributed by atoms with Gasteiger partial charge in [0, 0.05) is 36.6 Å². The first-order valence-corrected chi connectivity index (χ1v) is 6.59. The van der Waals surface area contributed by atoms with E-state index in [9.17, 15) is 4.79 Å². The quantitative estimate of drug-likeness (QED) is 0.649. The first-order valence-electron chi connectivity index (χ1n) is 6.59. The fourth-order valence-corrected chi connectivity index (χ4v) is 2.30. The largest absolute Gasteiger partial charge is 0.337 e. The summed E-state index contributed by atoms with van der Waals surface area (Å²) in [5.41, 5.74) is -0.0662. The number of piperazine rings is 1. The smallest absolute Gasteiger partial charge is 0.228 e. The molecule has 1 unspecified atom stereocenters. The second-order valence-electron chi connectivity index (χ2n) is 7.21. The Hall–Kier alpha value is -0.570. The van der Waals surface area contributed by atoms with Gasteiger partial charge in [-0.3, -0.25) is 9.69 Å². The lowest BCUT2D eigenvalue weighted by atomic mass is 9.93. The van der Waals surface area contributed by atoms with Crippen LogP contribution in [0.4, 0.5) is 0 Å². The highest BCUT2D eigenvalue weighted by Crippen LogP contribution is 2.24. The molecule has 0 saturated carbocycles. The van der Waals surface area contributed by atoms with E-state index in [4.69, 9.17) is 0 Å². The average Bonchev–Trinajstić information content (AvgIpc) is 2.13. The number of rotatable bonds is 0. The SMILES string of the molecule is CC1CN(C(C)(C)C)CCN1C(=O)C(C)(C)C. The number of hydrogen-bond donors (Lipinski definition) is 0. The number of carbonyl (C=O) groups excluding carboxylic acids is 1. The van der Waals surface area contributed by atoms with Crippen molar-refractivity contribution in [2.45, 2.75) is 60.0 Å². The van der Waals surface area contributed by atoms with E-state index < -0.39 is 0 Å². The monoisotopic (exact) mass is 240 g/mol. The third-order valence-electron chi connectivity index (χ3n) is 3.48. The molecule has 0 N–H and O–H groups in total. The molecule has 1 fully saturated rings.